The standard InChI is InChI=1S/C15H26O4/c1-11(2)12-7-9-15(3,10-8-12)19-14(18)6-4-5-13(16)17/h11-12H,4-10H2,1-3H3,(H,16,17). The van der Waals surface area contributed by atoms with Crippen molar-refractivity contribution in [2.45, 2.75) is 71.3 Å². The van der Waals surface area contributed by atoms with Crippen molar-refractivity contribution in [1.82, 2.24) is 0 Å². The Morgan fingerprint density at radius 3 is 2.32 bits per heavy atom. The Morgan fingerprint density at radius 2 is 1.84 bits per heavy atom. The Balaban J connectivity index is 2.32. The molecule has 0 saturated heterocycles. The lowest BCUT2D eigenvalue weighted by molar-refractivity contribution is -0.162. The highest BCUT2D eigenvalue weighted by Crippen LogP contribution is 2.37. The molecule has 0 bridgehead atoms. The fraction of sp³-hybridized carbons (Fsp3) is 0.867. The van der Waals surface area contributed by atoms with Gasteiger partial charge >= 0.3 is 11.9 Å². The van der Waals surface area contributed by atoms with Crippen LogP contribution in [0.1, 0.15) is 65.7 Å². The van der Waals surface area contributed by atoms with Crippen LogP contribution in [-0.2, 0) is 14.3 Å². The lowest BCUT2D eigenvalue weighted by atomic mass is 9.75. The number of ether oxygens (including phenoxy) is 1. The number of esters is 1. The third-order valence-corrected chi connectivity index (χ3v) is 4.16. The first-order chi connectivity index (χ1) is 8.82. The normalized spacial score (nSPS) is 27.3. The highest BCUT2D eigenvalue weighted by molar-refractivity contribution is 5.71. The molecule has 4 nitrogen and oxygen atoms in total. The number of carboxylic acids is 1. The van der Waals surface area contributed by atoms with Crippen molar-refractivity contribution in [3.8, 4) is 0 Å². The third kappa shape index (κ3) is 5.62. The molecule has 1 N–H and O–H groups in total. The van der Waals surface area contributed by atoms with Crippen LogP contribution in [0.5, 0.6) is 0 Å². The van der Waals surface area contributed by atoms with Crippen LogP contribution >= 0.6 is 0 Å². The van der Waals surface area contributed by atoms with Gasteiger partial charge in [-0.25, -0.2) is 0 Å². The van der Waals surface area contributed by atoms with E-state index in [0.29, 0.717) is 12.3 Å². The van der Waals surface area contributed by atoms with Crippen LogP contribution in [0.25, 0.3) is 0 Å². The van der Waals surface area contributed by atoms with Crippen molar-refractivity contribution < 1.29 is 19.4 Å². The quantitative estimate of drug-likeness (QED) is 0.751. The van der Waals surface area contributed by atoms with Crippen molar-refractivity contribution in [2.24, 2.45) is 11.8 Å². The van der Waals surface area contributed by atoms with Crippen LogP contribution in [0.2, 0.25) is 0 Å². The SMILES string of the molecule is CC(C)C1CCC(C)(OC(=O)CCCC(=O)O)CC1. The van der Waals surface area contributed by atoms with Gasteiger partial charge in [0.15, 0.2) is 0 Å². The first-order valence-electron chi connectivity index (χ1n) is 7.26. The molecule has 0 aromatic carbocycles. The highest BCUT2D eigenvalue weighted by Gasteiger charge is 2.35. The Labute approximate surface area is 115 Å². The minimum atomic E-state index is -0.864. The van der Waals surface area contributed by atoms with E-state index in [0.717, 1.165) is 31.6 Å². The molecule has 0 aromatic heterocycles. The molecule has 1 fully saturated rings. The minimum Gasteiger partial charge on any atom is -0.481 e. The van der Waals surface area contributed by atoms with Gasteiger partial charge in [0.1, 0.15) is 5.60 Å². The summed E-state index contributed by atoms with van der Waals surface area (Å²) in [5.74, 6) is 0.304. The van der Waals surface area contributed by atoms with Crippen molar-refractivity contribution in [3.63, 3.8) is 0 Å². The zero-order valence-electron chi connectivity index (χ0n) is 12.3. The largest absolute Gasteiger partial charge is 0.481 e. The number of hydrogen-bond acceptors (Lipinski definition) is 3. The topological polar surface area (TPSA) is 63.6 Å². The van der Waals surface area contributed by atoms with E-state index in [2.05, 4.69) is 13.8 Å². The average molecular weight is 270 g/mol. The molecule has 0 amide bonds. The van der Waals surface area contributed by atoms with Crippen molar-refractivity contribution in [1.29, 1.82) is 0 Å². The Bertz CT molecular complexity index is 314. The van der Waals surface area contributed by atoms with Gasteiger partial charge in [0.2, 0.25) is 0 Å². The lowest BCUT2D eigenvalue weighted by Gasteiger charge is -2.38. The summed E-state index contributed by atoms with van der Waals surface area (Å²) < 4.78 is 5.56. The van der Waals surface area contributed by atoms with Gasteiger partial charge in [0.05, 0.1) is 0 Å². The molecule has 0 spiro atoms. The van der Waals surface area contributed by atoms with Gasteiger partial charge in [-0.05, 0) is 50.9 Å². The van der Waals surface area contributed by atoms with Crippen LogP contribution in [0, 0.1) is 11.8 Å². The number of carbonyl (C=O) groups excluding carboxylic acids is 1. The summed E-state index contributed by atoms with van der Waals surface area (Å²) in [6, 6.07) is 0. The maximum atomic E-state index is 11.7. The maximum Gasteiger partial charge on any atom is 0.306 e. The predicted octanol–water partition coefficient (Wildman–Crippen LogP) is 3.39. The minimum absolute atomic E-state index is 0.0290. The molecular formula is C15H26O4. The van der Waals surface area contributed by atoms with E-state index >= 15 is 0 Å². The molecule has 19 heavy (non-hydrogen) atoms. The second-order valence-corrected chi connectivity index (χ2v) is 6.25. The number of carbonyl (C=O) groups is 2. The smallest absolute Gasteiger partial charge is 0.306 e. The van der Waals surface area contributed by atoms with Gasteiger partial charge in [-0.1, -0.05) is 13.8 Å². The van der Waals surface area contributed by atoms with E-state index in [4.69, 9.17) is 9.84 Å². The predicted molar refractivity (Wildman–Crippen MR) is 72.8 cm³/mol. The van der Waals surface area contributed by atoms with Crippen molar-refractivity contribution in [3.05, 3.63) is 0 Å². The molecule has 0 radical (unpaired) electrons. The number of hydrogen-bond donors (Lipinski definition) is 1. The molecule has 4 heteroatoms. The van der Waals surface area contributed by atoms with Crippen LogP contribution < -0.4 is 0 Å². The molecule has 0 heterocycles. The summed E-state index contributed by atoms with van der Waals surface area (Å²) in [5.41, 5.74) is -0.342. The number of carboxylic acid groups (broad SMARTS) is 1. The third-order valence-electron chi connectivity index (χ3n) is 4.16. The number of rotatable bonds is 6. The molecule has 1 saturated carbocycles. The fourth-order valence-corrected chi connectivity index (χ4v) is 2.73. The first kappa shape index (κ1) is 16.0. The molecule has 110 valence electrons. The highest BCUT2D eigenvalue weighted by atomic mass is 16.6. The second-order valence-electron chi connectivity index (χ2n) is 6.25. The molecule has 0 atom stereocenters. The zero-order valence-corrected chi connectivity index (χ0v) is 12.3. The summed E-state index contributed by atoms with van der Waals surface area (Å²) in [6.07, 6.45) is 4.64. The summed E-state index contributed by atoms with van der Waals surface area (Å²) >= 11 is 0. The fourth-order valence-electron chi connectivity index (χ4n) is 2.73. The number of aliphatic carboxylic acids is 1. The molecule has 0 unspecified atom stereocenters. The Morgan fingerprint density at radius 1 is 1.26 bits per heavy atom. The summed E-state index contributed by atoms with van der Waals surface area (Å²) in [5, 5.41) is 8.53. The zero-order chi connectivity index (χ0) is 14.5. The molecule has 0 aliphatic heterocycles. The molecule has 1 aliphatic rings. The van der Waals surface area contributed by atoms with Gasteiger partial charge in [-0.15, -0.1) is 0 Å². The molecule has 1 rings (SSSR count). The van der Waals surface area contributed by atoms with E-state index < -0.39 is 5.97 Å². The van der Waals surface area contributed by atoms with Gasteiger partial charge < -0.3 is 9.84 Å². The monoisotopic (exact) mass is 270 g/mol. The van der Waals surface area contributed by atoms with E-state index in [1.165, 1.54) is 0 Å². The van der Waals surface area contributed by atoms with Gasteiger partial charge in [0.25, 0.3) is 0 Å². The molecule has 0 aromatic rings. The summed E-state index contributed by atoms with van der Waals surface area (Å²) in [6.45, 7) is 6.48. The van der Waals surface area contributed by atoms with Gasteiger partial charge in [-0.2, -0.15) is 0 Å². The van der Waals surface area contributed by atoms with Crippen LogP contribution in [0.3, 0.4) is 0 Å². The lowest BCUT2D eigenvalue weighted by Crippen LogP contribution is -2.37. The Kier molecular flexibility index (Phi) is 5.83. The Hall–Kier alpha value is -1.06. The van der Waals surface area contributed by atoms with Crippen LogP contribution in [0.4, 0.5) is 0 Å². The molecule has 1 aliphatic carbocycles. The van der Waals surface area contributed by atoms with Crippen molar-refractivity contribution >= 4 is 11.9 Å². The first-order valence-corrected chi connectivity index (χ1v) is 7.26. The summed E-state index contributed by atoms with van der Waals surface area (Å²) in [7, 11) is 0. The van der Waals surface area contributed by atoms with E-state index in [1.54, 1.807) is 0 Å². The van der Waals surface area contributed by atoms with E-state index in [1.807, 2.05) is 6.92 Å². The molecular weight excluding hydrogens is 244 g/mol. The van der Waals surface area contributed by atoms with Gasteiger partial charge in [0, 0.05) is 12.8 Å². The van der Waals surface area contributed by atoms with E-state index in [9.17, 15) is 9.59 Å². The van der Waals surface area contributed by atoms with Gasteiger partial charge in [-0.3, -0.25) is 9.59 Å². The summed E-state index contributed by atoms with van der Waals surface area (Å²) in [4.78, 5) is 22.1. The average Bonchev–Trinajstić information content (AvgIpc) is 2.28. The van der Waals surface area contributed by atoms with E-state index in [-0.39, 0.29) is 24.4 Å². The van der Waals surface area contributed by atoms with Crippen molar-refractivity contribution in [2.75, 3.05) is 0 Å². The van der Waals surface area contributed by atoms with Crippen LogP contribution in [0.15, 0.2) is 0 Å². The van der Waals surface area contributed by atoms with Crippen LogP contribution in [-0.4, -0.2) is 22.6 Å². The maximum absolute atomic E-state index is 11.7. The second kappa shape index (κ2) is 6.92.